The van der Waals surface area contributed by atoms with Gasteiger partial charge in [-0.15, -0.1) is 0 Å². The molecule has 0 aliphatic carbocycles. The molecule has 3 heteroatoms. The molecular formula is C7H5NO2. The normalized spacial score (nSPS) is 10.4. The van der Waals surface area contributed by atoms with Crippen molar-refractivity contribution in [1.29, 1.82) is 0 Å². The van der Waals surface area contributed by atoms with Crippen LogP contribution in [0.2, 0.25) is 0 Å². The monoisotopic (exact) mass is 135 g/mol. The predicted octanol–water partition coefficient (Wildman–Crippen LogP) is 1.53. The van der Waals surface area contributed by atoms with Gasteiger partial charge in [0.25, 0.3) is 0 Å². The number of furan rings is 1. The maximum Gasteiger partial charge on any atom is 0.161 e. The van der Waals surface area contributed by atoms with Gasteiger partial charge in [0, 0.05) is 6.20 Å². The number of nitrogens with zero attached hydrogens (tertiary/aromatic N) is 1. The Morgan fingerprint density at radius 2 is 2.40 bits per heavy atom. The second-order valence-corrected chi connectivity index (χ2v) is 1.99. The number of hydrogen-bond donors (Lipinski definition) is 1. The Hall–Kier alpha value is -1.51. The van der Waals surface area contributed by atoms with E-state index in [1.54, 1.807) is 18.5 Å². The minimum absolute atomic E-state index is 0.164. The molecule has 0 radical (unpaired) electrons. The fourth-order valence-corrected chi connectivity index (χ4v) is 0.868. The smallest absolute Gasteiger partial charge is 0.161 e. The van der Waals surface area contributed by atoms with Gasteiger partial charge in [0.05, 0.1) is 11.6 Å². The Kier molecular flexibility index (Phi) is 0.917. The maximum atomic E-state index is 9.09. The minimum atomic E-state index is 0.164. The van der Waals surface area contributed by atoms with E-state index in [4.69, 9.17) is 9.52 Å². The molecule has 0 spiro atoms. The van der Waals surface area contributed by atoms with Crippen LogP contribution in [0.1, 0.15) is 0 Å². The zero-order valence-electron chi connectivity index (χ0n) is 5.11. The van der Waals surface area contributed by atoms with Crippen molar-refractivity contribution in [1.82, 2.24) is 4.98 Å². The summed E-state index contributed by atoms with van der Waals surface area (Å²) in [4.78, 5) is 3.82. The molecule has 10 heavy (non-hydrogen) atoms. The Morgan fingerprint density at radius 1 is 1.50 bits per heavy atom. The second-order valence-electron chi connectivity index (χ2n) is 1.99. The fourth-order valence-electron chi connectivity index (χ4n) is 0.868. The van der Waals surface area contributed by atoms with Crippen LogP contribution in [0.15, 0.2) is 29.1 Å². The van der Waals surface area contributed by atoms with Crippen LogP contribution < -0.4 is 0 Å². The number of aromatic nitrogens is 1. The third kappa shape index (κ3) is 0.572. The summed E-state index contributed by atoms with van der Waals surface area (Å²) in [7, 11) is 0. The van der Waals surface area contributed by atoms with E-state index in [0.717, 1.165) is 0 Å². The maximum absolute atomic E-state index is 9.09. The van der Waals surface area contributed by atoms with E-state index < -0.39 is 0 Å². The van der Waals surface area contributed by atoms with Gasteiger partial charge in [-0.2, -0.15) is 0 Å². The van der Waals surface area contributed by atoms with E-state index in [1.165, 1.54) is 6.26 Å². The van der Waals surface area contributed by atoms with Gasteiger partial charge in [-0.3, -0.25) is 4.98 Å². The zero-order chi connectivity index (χ0) is 6.97. The molecule has 0 unspecified atom stereocenters. The first-order valence-corrected chi connectivity index (χ1v) is 2.88. The van der Waals surface area contributed by atoms with E-state index in [1.807, 2.05) is 0 Å². The second kappa shape index (κ2) is 1.73. The summed E-state index contributed by atoms with van der Waals surface area (Å²) in [6.07, 6.45) is 4.47. The van der Waals surface area contributed by atoms with Crippen LogP contribution in [0, 0.1) is 0 Å². The van der Waals surface area contributed by atoms with E-state index >= 15 is 0 Å². The first-order chi connectivity index (χ1) is 4.88. The van der Waals surface area contributed by atoms with Gasteiger partial charge in [0.15, 0.2) is 11.3 Å². The van der Waals surface area contributed by atoms with E-state index in [-0.39, 0.29) is 5.75 Å². The van der Waals surface area contributed by atoms with Crippen LogP contribution in [0.4, 0.5) is 0 Å². The van der Waals surface area contributed by atoms with Gasteiger partial charge in [0.1, 0.15) is 6.26 Å². The Bertz CT molecular complexity index is 353. The molecular weight excluding hydrogens is 130 g/mol. The van der Waals surface area contributed by atoms with Crippen molar-refractivity contribution in [2.24, 2.45) is 0 Å². The summed E-state index contributed by atoms with van der Waals surface area (Å²) >= 11 is 0. The van der Waals surface area contributed by atoms with Crippen molar-refractivity contribution >= 4 is 11.0 Å². The van der Waals surface area contributed by atoms with Gasteiger partial charge in [-0.05, 0) is 6.07 Å². The molecule has 0 amide bonds. The number of pyridine rings is 1. The van der Waals surface area contributed by atoms with Crippen molar-refractivity contribution in [2.45, 2.75) is 0 Å². The molecule has 50 valence electrons. The summed E-state index contributed by atoms with van der Waals surface area (Å²) in [5, 5.41) is 9.79. The highest BCUT2D eigenvalue weighted by atomic mass is 16.4. The lowest BCUT2D eigenvalue weighted by atomic mass is 10.3. The SMILES string of the molecule is Oc1coc2cnccc12. The summed E-state index contributed by atoms with van der Waals surface area (Å²) < 4.78 is 4.94. The van der Waals surface area contributed by atoms with Crippen LogP contribution in [0.5, 0.6) is 5.75 Å². The molecule has 0 atom stereocenters. The Labute approximate surface area is 56.9 Å². The van der Waals surface area contributed by atoms with Gasteiger partial charge in [-0.25, -0.2) is 0 Å². The fraction of sp³-hybridized carbons (Fsp3) is 0. The number of aromatic hydroxyl groups is 1. The van der Waals surface area contributed by atoms with Crippen molar-refractivity contribution in [3.63, 3.8) is 0 Å². The zero-order valence-corrected chi connectivity index (χ0v) is 5.11. The molecule has 0 aromatic carbocycles. The summed E-state index contributed by atoms with van der Waals surface area (Å²) in [5.41, 5.74) is 0.611. The molecule has 0 aliphatic rings. The third-order valence-corrected chi connectivity index (χ3v) is 1.36. The molecule has 2 aromatic rings. The highest BCUT2D eigenvalue weighted by Gasteiger charge is 2.00. The Morgan fingerprint density at radius 3 is 3.20 bits per heavy atom. The number of rotatable bonds is 0. The lowest BCUT2D eigenvalue weighted by molar-refractivity contribution is 0.464. The molecule has 2 heterocycles. The average molecular weight is 135 g/mol. The van der Waals surface area contributed by atoms with Crippen LogP contribution in [-0.4, -0.2) is 10.1 Å². The first-order valence-electron chi connectivity index (χ1n) is 2.88. The summed E-state index contributed by atoms with van der Waals surface area (Å²) in [6.45, 7) is 0. The van der Waals surface area contributed by atoms with Crippen molar-refractivity contribution < 1.29 is 9.52 Å². The summed E-state index contributed by atoms with van der Waals surface area (Å²) in [6, 6.07) is 1.70. The first kappa shape index (κ1) is 5.29. The van der Waals surface area contributed by atoms with Crippen LogP contribution in [0.25, 0.3) is 11.0 Å². The third-order valence-electron chi connectivity index (χ3n) is 1.36. The van der Waals surface area contributed by atoms with E-state index in [2.05, 4.69) is 4.98 Å². The van der Waals surface area contributed by atoms with Crippen molar-refractivity contribution in [3.05, 3.63) is 24.7 Å². The van der Waals surface area contributed by atoms with E-state index in [0.29, 0.717) is 11.0 Å². The standard InChI is InChI=1S/C7H5NO2/c9-6-4-10-7-3-8-2-1-5(6)7/h1-4,9H. The minimum Gasteiger partial charge on any atom is -0.504 e. The largest absolute Gasteiger partial charge is 0.504 e. The highest BCUT2D eigenvalue weighted by molar-refractivity contribution is 5.82. The molecule has 2 rings (SSSR count). The van der Waals surface area contributed by atoms with Crippen LogP contribution >= 0.6 is 0 Å². The topological polar surface area (TPSA) is 46.3 Å². The van der Waals surface area contributed by atoms with Gasteiger partial charge in [-0.1, -0.05) is 0 Å². The van der Waals surface area contributed by atoms with Gasteiger partial charge < -0.3 is 9.52 Å². The molecule has 1 N–H and O–H groups in total. The Balaban J connectivity index is 2.93. The van der Waals surface area contributed by atoms with Crippen LogP contribution in [-0.2, 0) is 0 Å². The molecule has 2 aromatic heterocycles. The van der Waals surface area contributed by atoms with Gasteiger partial charge in [0.2, 0.25) is 0 Å². The lowest BCUT2D eigenvalue weighted by Crippen LogP contribution is -1.66. The van der Waals surface area contributed by atoms with Crippen molar-refractivity contribution in [3.8, 4) is 5.75 Å². The predicted molar refractivity (Wildman–Crippen MR) is 35.7 cm³/mol. The van der Waals surface area contributed by atoms with Gasteiger partial charge >= 0.3 is 0 Å². The molecule has 0 bridgehead atoms. The van der Waals surface area contributed by atoms with Crippen LogP contribution in [0.3, 0.4) is 0 Å². The quantitative estimate of drug-likeness (QED) is 0.595. The summed E-state index contributed by atoms with van der Waals surface area (Å²) in [5.74, 6) is 0.164. The molecule has 0 saturated heterocycles. The molecule has 0 aliphatic heterocycles. The molecule has 3 nitrogen and oxygen atoms in total. The van der Waals surface area contributed by atoms with Crippen molar-refractivity contribution in [2.75, 3.05) is 0 Å². The number of fused-ring (bicyclic) bond motifs is 1. The molecule has 0 saturated carbocycles. The highest BCUT2D eigenvalue weighted by Crippen LogP contribution is 2.24. The molecule has 0 fully saturated rings. The average Bonchev–Trinajstić information content (AvgIpc) is 2.34. The number of hydrogen-bond acceptors (Lipinski definition) is 3. The van der Waals surface area contributed by atoms with E-state index in [9.17, 15) is 0 Å². The lowest BCUT2D eigenvalue weighted by Gasteiger charge is -1.83.